The predicted molar refractivity (Wildman–Crippen MR) is 87.5 cm³/mol. The molecule has 0 saturated heterocycles. The number of aliphatic hydroxyl groups is 1. The summed E-state index contributed by atoms with van der Waals surface area (Å²) in [6, 6.07) is 13.0. The molecule has 0 spiro atoms. The average molecular weight is 346 g/mol. The number of nitrogens with zero attached hydrogens (tertiary/aromatic N) is 4. The highest BCUT2D eigenvalue weighted by molar-refractivity contribution is 7.93. The molecule has 0 saturated carbocycles. The van der Waals surface area contributed by atoms with Gasteiger partial charge in [-0.1, -0.05) is 29.4 Å². The van der Waals surface area contributed by atoms with Crippen LogP contribution in [0.4, 0.5) is 5.69 Å². The van der Waals surface area contributed by atoms with E-state index in [2.05, 4.69) is 10.0 Å². The molecular formula is C15H14N4O4S. The second-order valence-electron chi connectivity index (χ2n) is 5.12. The van der Waals surface area contributed by atoms with Gasteiger partial charge >= 0.3 is 0 Å². The van der Waals surface area contributed by atoms with Gasteiger partial charge in [0.1, 0.15) is 10.6 Å². The lowest BCUT2D eigenvalue weighted by molar-refractivity contribution is 0.192. The van der Waals surface area contributed by atoms with Gasteiger partial charge in [0.05, 0.1) is 24.9 Å². The second-order valence-corrected chi connectivity index (χ2v) is 6.95. The number of sulfonamides is 1. The van der Waals surface area contributed by atoms with Crippen LogP contribution in [0.15, 0.2) is 58.5 Å². The highest BCUT2D eigenvalue weighted by atomic mass is 32.2. The summed E-state index contributed by atoms with van der Waals surface area (Å²) in [6.07, 6.45) is -1.14. The fraction of sp³-hybridized carbons (Fsp3) is 0.200. The Kier molecular flexibility index (Phi) is 4.30. The Morgan fingerprint density at radius 3 is 2.58 bits per heavy atom. The van der Waals surface area contributed by atoms with Crippen LogP contribution in [0.2, 0.25) is 0 Å². The number of benzene rings is 2. The summed E-state index contributed by atoms with van der Waals surface area (Å²) in [7, 11) is -3.94. The van der Waals surface area contributed by atoms with Crippen molar-refractivity contribution in [3.63, 3.8) is 0 Å². The van der Waals surface area contributed by atoms with Crippen LogP contribution in [0.3, 0.4) is 0 Å². The first-order valence-corrected chi connectivity index (χ1v) is 8.55. The Labute approximate surface area is 138 Å². The number of hydrogen-bond donors (Lipinski definition) is 1. The van der Waals surface area contributed by atoms with Crippen molar-refractivity contribution in [1.29, 1.82) is 0 Å². The van der Waals surface area contributed by atoms with Crippen LogP contribution in [-0.2, 0) is 10.0 Å². The molecule has 1 aliphatic rings. The molecule has 0 fully saturated rings. The van der Waals surface area contributed by atoms with E-state index < -0.39 is 16.1 Å². The average Bonchev–Trinajstić information content (AvgIpc) is 2.67. The summed E-state index contributed by atoms with van der Waals surface area (Å²) < 4.78 is 32.9. The zero-order valence-electron chi connectivity index (χ0n) is 12.5. The van der Waals surface area contributed by atoms with Gasteiger partial charge < -0.3 is 9.84 Å². The molecule has 0 radical (unpaired) electrons. The van der Waals surface area contributed by atoms with Crippen molar-refractivity contribution < 1.29 is 18.3 Å². The van der Waals surface area contributed by atoms with Crippen LogP contribution in [0, 0.1) is 0 Å². The van der Waals surface area contributed by atoms with Crippen LogP contribution < -0.4 is 9.04 Å². The number of anilines is 1. The monoisotopic (exact) mass is 346 g/mol. The summed E-state index contributed by atoms with van der Waals surface area (Å²) in [5.74, 6) is 0.582. The molecule has 0 aliphatic carbocycles. The fourth-order valence-corrected chi connectivity index (χ4v) is 4.07. The van der Waals surface area contributed by atoms with E-state index in [-0.39, 0.29) is 23.7 Å². The summed E-state index contributed by atoms with van der Waals surface area (Å²) >= 11 is 0. The van der Waals surface area contributed by atoms with Gasteiger partial charge in [-0.05, 0) is 29.8 Å². The van der Waals surface area contributed by atoms with E-state index in [4.69, 9.17) is 10.3 Å². The molecule has 0 bridgehead atoms. The maximum atomic E-state index is 13.0. The lowest BCUT2D eigenvalue weighted by atomic mass is 10.2. The number of hydrogen-bond acceptors (Lipinski definition) is 5. The minimum atomic E-state index is -3.94. The van der Waals surface area contributed by atoms with Crippen molar-refractivity contribution in [2.45, 2.75) is 11.0 Å². The predicted octanol–water partition coefficient (Wildman–Crippen LogP) is 2.66. The minimum Gasteiger partial charge on any atom is -0.454 e. The van der Waals surface area contributed by atoms with E-state index in [0.717, 1.165) is 4.31 Å². The highest BCUT2D eigenvalue weighted by Gasteiger charge is 2.34. The van der Waals surface area contributed by atoms with E-state index in [1.807, 2.05) is 0 Å². The van der Waals surface area contributed by atoms with E-state index in [1.165, 1.54) is 6.07 Å². The molecule has 8 nitrogen and oxygen atoms in total. The van der Waals surface area contributed by atoms with Gasteiger partial charge in [0.15, 0.2) is 5.75 Å². The van der Waals surface area contributed by atoms with Crippen molar-refractivity contribution in [3.05, 3.63) is 59.0 Å². The molecular weight excluding hydrogens is 332 g/mol. The van der Waals surface area contributed by atoms with Gasteiger partial charge in [0, 0.05) is 4.91 Å². The quantitative estimate of drug-likeness (QED) is 0.520. The van der Waals surface area contributed by atoms with Crippen molar-refractivity contribution >= 4 is 15.7 Å². The molecule has 0 amide bonds. The Balaban J connectivity index is 2.12. The van der Waals surface area contributed by atoms with Gasteiger partial charge in [-0.15, -0.1) is 0 Å². The standard InChI is InChI=1S/C15H14N4O4S/c16-18-17-9-11(20)10-19-12-5-1-2-6-13(12)23-14-7-3-4-8-15(14)24(19,21)22/h1-8,11,20H,9-10H2. The largest absolute Gasteiger partial charge is 0.454 e. The summed E-state index contributed by atoms with van der Waals surface area (Å²) in [5.41, 5.74) is 8.67. The second kappa shape index (κ2) is 6.40. The SMILES string of the molecule is [N-]=[N+]=NCC(O)CN1c2ccccc2Oc2ccccc2S1(=O)=O. The van der Waals surface area contributed by atoms with Crippen LogP contribution in [0.25, 0.3) is 10.4 Å². The molecule has 3 rings (SSSR count). The maximum Gasteiger partial charge on any atom is 0.268 e. The van der Waals surface area contributed by atoms with Gasteiger partial charge in [-0.3, -0.25) is 4.31 Å². The van der Waals surface area contributed by atoms with Crippen LogP contribution in [-0.4, -0.2) is 32.7 Å². The summed E-state index contributed by atoms with van der Waals surface area (Å²) in [6.45, 7) is -0.483. The molecule has 2 aromatic rings. The number of aliphatic hydroxyl groups excluding tert-OH is 1. The zero-order chi connectivity index (χ0) is 17.2. The molecule has 24 heavy (non-hydrogen) atoms. The van der Waals surface area contributed by atoms with E-state index in [0.29, 0.717) is 11.4 Å². The first kappa shape index (κ1) is 16.1. The number of fused-ring (bicyclic) bond motifs is 2. The number of azide groups is 1. The highest BCUT2D eigenvalue weighted by Crippen LogP contribution is 2.42. The normalized spacial score (nSPS) is 16.0. The molecule has 9 heteroatoms. The first-order valence-electron chi connectivity index (χ1n) is 7.11. The molecule has 1 heterocycles. The number of rotatable bonds is 4. The lowest BCUT2D eigenvalue weighted by Crippen LogP contribution is -2.38. The van der Waals surface area contributed by atoms with E-state index in [1.54, 1.807) is 42.5 Å². The molecule has 2 aromatic carbocycles. The Morgan fingerprint density at radius 1 is 1.17 bits per heavy atom. The van der Waals surface area contributed by atoms with Gasteiger partial charge in [-0.2, -0.15) is 0 Å². The topological polar surface area (TPSA) is 116 Å². The van der Waals surface area contributed by atoms with E-state index in [9.17, 15) is 13.5 Å². The first-order chi connectivity index (χ1) is 11.5. The maximum absolute atomic E-state index is 13.0. The van der Waals surface area contributed by atoms with Crippen molar-refractivity contribution in [3.8, 4) is 11.5 Å². The van der Waals surface area contributed by atoms with Crippen LogP contribution >= 0.6 is 0 Å². The molecule has 124 valence electrons. The molecule has 1 N–H and O–H groups in total. The van der Waals surface area contributed by atoms with Gasteiger partial charge in [-0.25, -0.2) is 8.42 Å². The summed E-state index contributed by atoms with van der Waals surface area (Å²) in [4.78, 5) is 2.59. The molecule has 0 aromatic heterocycles. The number of ether oxygens (including phenoxy) is 1. The third-order valence-electron chi connectivity index (χ3n) is 3.50. The Hall–Kier alpha value is -2.74. The minimum absolute atomic E-state index is 0.0113. The van der Waals surface area contributed by atoms with Crippen LogP contribution in [0.5, 0.6) is 11.5 Å². The number of para-hydroxylation sites is 3. The Morgan fingerprint density at radius 2 is 1.83 bits per heavy atom. The van der Waals surface area contributed by atoms with Crippen molar-refractivity contribution in [1.82, 2.24) is 0 Å². The lowest BCUT2D eigenvalue weighted by Gasteiger charge is -2.25. The van der Waals surface area contributed by atoms with Gasteiger partial charge in [0.25, 0.3) is 10.0 Å². The molecule has 1 atom stereocenters. The van der Waals surface area contributed by atoms with Crippen LogP contribution in [0.1, 0.15) is 0 Å². The van der Waals surface area contributed by atoms with E-state index >= 15 is 0 Å². The molecule has 1 aliphatic heterocycles. The fourth-order valence-electron chi connectivity index (χ4n) is 2.44. The smallest absolute Gasteiger partial charge is 0.268 e. The van der Waals surface area contributed by atoms with Crippen molar-refractivity contribution in [2.24, 2.45) is 5.11 Å². The number of β-amino-alcohol motifs (C(OH)–C–C–N with tert-alkyl or cyclic N) is 1. The molecule has 1 unspecified atom stereocenters. The summed E-state index contributed by atoms with van der Waals surface area (Å²) in [5, 5.41) is 13.3. The third-order valence-corrected chi connectivity index (χ3v) is 5.32. The van der Waals surface area contributed by atoms with Crippen molar-refractivity contribution in [2.75, 3.05) is 17.4 Å². The third kappa shape index (κ3) is 2.88. The zero-order valence-corrected chi connectivity index (χ0v) is 13.3. The van der Waals surface area contributed by atoms with Gasteiger partial charge in [0.2, 0.25) is 0 Å². The Bertz CT molecular complexity index is 909.